The smallest absolute Gasteiger partial charge is 0.323 e. The summed E-state index contributed by atoms with van der Waals surface area (Å²) in [5, 5.41) is 5.44. The van der Waals surface area contributed by atoms with Crippen molar-refractivity contribution in [2.45, 2.75) is 29.2 Å². The fraction of sp³-hybridized carbons (Fsp3) is 0.231. The highest BCUT2D eigenvalue weighted by Crippen LogP contribution is 2.30. The Labute approximate surface area is 215 Å². The first-order valence-corrected chi connectivity index (χ1v) is 13.3. The fourth-order valence-electron chi connectivity index (χ4n) is 4.12. The molecule has 3 aromatic carbocycles. The van der Waals surface area contributed by atoms with Crippen molar-refractivity contribution in [3.05, 3.63) is 77.8 Å². The maximum atomic E-state index is 12.8. The molecule has 1 unspecified atom stereocenters. The molecule has 2 N–H and O–H groups in total. The van der Waals surface area contributed by atoms with Crippen LogP contribution in [0.3, 0.4) is 0 Å². The van der Waals surface area contributed by atoms with Crippen LogP contribution in [0.15, 0.2) is 82.6 Å². The summed E-state index contributed by atoms with van der Waals surface area (Å²) in [6, 6.07) is 19.5. The molecule has 1 atom stereocenters. The third-order valence-electron chi connectivity index (χ3n) is 6.23. The first-order chi connectivity index (χ1) is 17.1. The number of anilines is 3. The number of hydrogen-bond donors (Lipinski definition) is 2. The number of urea groups is 1. The molecule has 3 aromatic rings. The van der Waals surface area contributed by atoms with Gasteiger partial charge in [-0.25, -0.2) is 13.2 Å². The van der Waals surface area contributed by atoms with Crippen molar-refractivity contribution in [3.63, 3.8) is 0 Å². The maximum Gasteiger partial charge on any atom is 0.323 e. The van der Waals surface area contributed by atoms with Gasteiger partial charge in [-0.3, -0.25) is 4.79 Å². The highest BCUT2D eigenvalue weighted by molar-refractivity contribution is 7.91. The van der Waals surface area contributed by atoms with Gasteiger partial charge in [-0.05, 0) is 61.0 Å². The molecule has 1 heterocycles. The molecular weight excluding hydrogens is 500 g/mol. The number of nitrogens with zero attached hydrogens (tertiary/aromatic N) is 2. The van der Waals surface area contributed by atoms with E-state index in [4.69, 9.17) is 11.6 Å². The number of hydrogen-bond acceptors (Lipinski definition) is 5. The average Bonchev–Trinajstić information content (AvgIpc) is 3.34. The standard InChI is InChI=1S/C26H27ClN4O4S/c1-18(32)30(2)22-14-15-31(17-22)21-11-8-19(9-12-21)28-26(33)29-20-10-13-25(24(27)16-20)36(34,35)23-6-4-3-5-7-23/h3-13,16,22H,14-15,17H2,1-2H3,(H2,28,29,33). The number of benzene rings is 3. The lowest BCUT2D eigenvalue weighted by Crippen LogP contribution is -2.37. The molecule has 188 valence electrons. The molecular formula is C26H27ClN4O4S. The van der Waals surface area contributed by atoms with E-state index in [1.807, 2.05) is 19.2 Å². The monoisotopic (exact) mass is 526 g/mol. The normalized spacial score (nSPS) is 15.4. The van der Waals surface area contributed by atoms with Gasteiger partial charge in [0.05, 0.1) is 20.9 Å². The first kappa shape index (κ1) is 25.5. The van der Waals surface area contributed by atoms with Crippen molar-refractivity contribution in [3.8, 4) is 0 Å². The molecule has 10 heteroatoms. The van der Waals surface area contributed by atoms with Gasteiger partial charge in [-0.1, -0.05) is 29.8 Å². The molecule has 0 radical (unpaired) electrons. The molecule has 1 fully saturated rings. The van der Waals surface area contributed by atoms with Crippen LogP contribution in [-0.2, 0) is 14.6 Å². The minimum atomic E-state index is -3.77. The molecule has 4 rings (SSSR count). The van der Waals surface area contributed by atoms with Gasteiger partial charge < -0.3 is 20.4 Å². The number of halogens is 1. The lowest BCUT2D eigenvalue weighted by molar-refractivity contribution is -0.129. The van der Waals surface area contributed by atoms with Gasteiger partial charge in [-0.2, -0.15) is 0 Å². The Balaban J connectivity index is 1.37. The number of rotatable bonds is 6. The largest absolute Gasteiger partial charge is 0.369 e. The van der Waals surface area contributed by atoms with Crippen molar-refractivity contribution in [1.29, 1.82) is 0 Å². The Morgan fingerprint density at radius 1 is 0.972 bits per heavy atom. The van der Waals surface area contributed by atoms with Crippen LogP contribution in [0.1, 0.15) is 13.3 Å². The van der Waals surface area contributed by atoms with E-state index >= 15 is 0 Å². The van der Waals surface area contributed by atoms with Crippen molar-refractivity contribution < 1.29 is 18.0 Å². The predicted octanol–water partition coefficient (Wildman–Crippen LogP) is 4.87. The summed E-state index contributed by atoms with van der Waals surface area (Å²) in [6.45, 7) is 3.19. The van der Waals surface area contributed by atoms with Crippen LogP contribution >= 0.6 is 11.6 Å². The van der Waals surface area contributed by atoms with E-state index in [1.165, 1.54) is 30.3 Å². The number of carbonyl (C=O) groups is 2. The molecule has 3 amide bonds. The summed E-state index contributed by atoms with van der Waals surface area (Å²) in [4.78, 5) is 28.2. The molecule has 0 spiro atoms. The van der Waals surface area contributed by atoms with Crippen LogP contribution in [0.2, 0.25) is 5.02 Å². The molecule has 0 bridgehead atoms. The molecule has 0 aromatic heterocycles. The van der Waals surface area contributed by atoms with E-state index in [9.17, 15) is 18.0 Å². The summed E-state index contributed by atoms with van der Waals surface area (Å²) in [6.07, 6.45) is 0.909. The zero-order chi connectivity index (χ0) is 25.9. The topological polar surface area (TPSA) is 98.8 Å². The second-order valence-electron chi connectivity index (χ2n) is 8.61. The quantitative estimate of drug-likeness (QED) is 0.477. The average molecular weight is 527 g/mol. The molecule has 36 heavy (non-hydrogen) atoms. The van der Waals surface area contributed by atoms with Gasteiger partial charge in [0.1, 0.15) is 0 Å². The molecule has 0 saturated carbocycles. The highest BCUT2D eigenvalue weighted by atomic mass is 35.5. The van der Waals surface area contributed by atoms with Crippen LogP contribution in [-0.4, -0.2) is 51.4 Å². The minimum absolute atomic E-state index is 0.0142. The number of sulfone groups is 1. The Hall–Kier alpha value is -3.56. The van der Waals surface area contributed by atoms with Gasteiger partial charge in [0.2, 0.25) is 15.7 Å². The fourth-order valence-corrected chi connectivity index (χ4v) is 5.94. The van der Waals surface area contributed by atoms with Crippen LogP contribution in [0.25, 0.3) is 0 Å². The van der Waals surface area contributed by atoms with E-state index in [0.29, 0.717) is 11.4 Å². The zero-order valence-corrected chi connectivity index (χ0v) is 21.5. The third-order valence-corrected chi connectivity index (χ3v) is 8.48. The van der Waals surface area contributed by atoms with Crippen molar-refractivity contribution >= 4 is 50.4 Å². The van der Waals surface area contributed by atoms with Gasteiger partial charge in [-0.15, -0.1) is 0 Å². The Kier molecular flexibility index (Phi) is 7.51. The van der Waals surface area contributed by atoms with Gasteiger partial charge in [0.25, 0.3) is 0 Å². The summed E-state index contributed by atoms with van der Waals surface area (Å²) >= 11 is 6.26. The third kappa shape index (κ3) is 5.63. The lowest BCUT2D eigenvalue weighted by atomic mass is 10.2. The predicted molar refractivity (Wildman–Crippen MR) is 141 cm³/mol. The maximum absolute atomic E-state index is 12.8. The number of likely N-dealkylation sites (N-methyl/N-ethyl adjacent to an activating group) is 1. The number of carbonyl (C=O) groups excluding carboxylic acids is 2. The van der Waals surface area contributed by atoms with Gasteiger partial charge in [0.15, 0.2) is 0 Å². The second-order valence-corrected chi connectivity index (χ2v) is 10.9. The van der Waals surface area contributed by atoms with E-state index in [-0.39, 0.29) is 26.8 Å². The first-order valence-electron chi connectivity index (χ1n) is 11.4. The summed E-state index contributed by atoms with van der Waals surface area (Å²) in [5.74, 6) is 0.0566. The SMILES string of the molecule is CC(=O)N(C)C1CCN(c2ccc(NC(=O)Nc3ccc(S(=O)(=O)c4ccccc4)c(Cl)c3)cc2)C1. The minimum Gasteiger partial charge on any atom is -0.369 e. The Morgan fingerprint density at radius 3 is 2.25 bits per heavy atom. The Bertz CT molecular complexity index is 1360. The van der Waals surface area contributed by atoms with E-state index in [0.717, 1.165) is 25.2 Å². The molecule has 1 aliphatic heterocycles. The van der Waals surface area contributed by atoms with Gasteiger partial charge >= 0.3 is 6.03 Å². The molecule has 1 saturated heterocycles. The van der Waals surface area contributed by atoms with E-state index in [1.54, 1.807) is 42.2 Å². The number of amides is 3. The van der Waals surface area contributed by atoms with Crippen molar-refractivity contribution in [2.75, 3.05) is 35.7 Å². The number of nitrogens with one attached hydrogen (secondary N) is 2. The van der Waals surface area contributed by atoms with E-state index < -0.39 is 15.9 Å². The lowest BCUT2D eigenvalue weighted by Gasteiger charge is -2.24. The summed E-state index contributed by atoms with van der Waals surface area (Å²) in [7, 11) is -1.95. The van der Waals surface area contributed by atoms with Crippen LogP contribution in [0, 0.1) is 0 Å². The second kappa shape index (κ2) is 10.6. The van der Waals surface area contributed by atoms with E-state index in [2.05, 4.69) is 15.5 Å². The summed E-state index contributed by atoms with van der Waals surface area (Å²) in [5.41, 5.74) is 1.98. The van der Waals surface area contributed by atoms with Crippen LogP contribution in [0.5, 0.6) is 0 Å². The molecule has 8 nitrogen and oxygen atoms in total. The molecule has 1 aliphatic rings. The summed E-state index contributed by atoms with van der Waals surface area (Å²) < 4.78 is 25.7. The highest BCUT2D eigenvalue weighted by Gasteiger charge is 2.27. The van der Waals surface area contributed by atoms with Crippen LogP contribution in [0.4, 0.5) is 21.9 Å². The van der Waals surface area contributed by atoms with Crippen molar-refractivity contribution in [1.82, 2.24) is 4.90 Å². The zero-order valence-electron chi connectivity index (χ0n) is 19.9. The Morgan fingerprint density at radius 2 is 1.61 bits per heavy atom. The van der Waals surface area contributed by atoms with Gasteiger partial charge in [0, 0.05) is 44.1 Å². The molecule has 0 aliphatic carbocycles. The van der Waals surface area contributed by atoms with Crippen molar-refractivity contribution in [2.24, 2.45) is 0 Å². The van der Waals surface area contributed by atoms with Crippen LogP contribution < -0.4 is 15.5 Å².